The van der Waals surface area contributed by atoms with Gasteiger partial charge in [0.25, 0.3) is 0 Å². The van der Waals surface area contributed by atoms with Crippen LogP contribution in [0.15, 0.2) is 48.5 Å². The summed E-state index contributed by atoms with van der Waals surface area (Å²) < 4.78 is 5.25. The lowest BCUT2D eigenvalue weighted by molar-refractivity contribution is 0.415. The molecule has 0 bridgehead atoms. The molecular weight excluding hydrogens is 340 g/mol. The fraction of sp³-hybridized carbons (Fsp3) is 0.250. The van der Waals surface area contributed by atoms with Gasteiger partial charge in [0.2, 0.25) is 11.9 Å². The highest BCUT2D eigenvalue weighted by molar-refractivity contribution is 5.57. The first-order valence-electron chi connectivity index (χ1n) is 8.95. The summed E-state index contributed by atoms with van der Waals surface area (Å²) in [4.78, 5) is 15.4. The third-order valence-corrected chi connectivity index (χ3v) is 4.56. The Morgan fingerprint density at radius 3 is 2.89 bits per heavy atom. The van der Waals surface area contributed by atoms with Gasteiger partial charge in [0.1, 0.15) is 5.75 Å². The number of benzene rings is 2. The number of aromatic nitrogens is 3. The summed E-state index contributed by atoms with van der Waals surface area (Å²) in [5.74, 6) is 2.03. The van der Waals surface area contributed by atoms with Crippen LogP contribution in [0.1, 0.15) is 17.8 Å². The van der Waals surface area contributed by atoms with Gasteiger partial charge in [0.15, 0.2) is 5.82 Å². The Kier molecular flexibility index (Phi) is 4.74. The SMILES string of the molecule is COc1cccc(Nc2nc(N)nc(CN3CCCc4ccccc43)n2)c1. The van der Waals surface area contributed by atoms with Crippen molar-refractivity contribution in [2.24, 2.45) is 0 Å². The number of fused-ring (bicyclic) bond motifs is 1. The summed E-state index contributed by atoms with van der Waals surface area (Å²) in [6, 6.07) is 16.1. The number of aryl methyl sites for hydroxylation is 1. The van der Waals surface area contributed by atoms with Crippen molar-refractivity contribution in [2.75, 3.05) is 29.6 Å². The number of hydrogen-bond donors (Lipinski definition) is 2. The summed E-state index contributed by atoms with van der Waals surface area (Å²) in [7, 11) is 1.63. The van der Waals surface area contributed by atoms with E-state index in [-0.39, 0.29) is 5.95 Å². The topological polar surface area (TPSA) is 89.2 Å². The maximum atomic E-state index is 5.92. The first-order chi connectivity index (χ1) is 13.2. The van der Waals surface area contributed by atoms with E-state index in [0.717, 1.165) is 30.8 Å². The molecule has 138 valence electrons. The molecule has 0 radical (unpaired) electrons. The Hall–Kier alpha value is -3.35. The maximum absolute atomic E-state index is 5.92. The number of methoxy groups -OCH3 is 1. The van der Waals surface area contributed by atoms with E-state index in [2.05, 4.69) is 49.4 Å². The van der Waals surface area contributed by atoms with Crippen LogP contribution in [0.2, 0.25) is 0 Å². The first-order valence-corrected chi connectivity index (χ1v) is 8.95. The molecule has 3 aromatic rings. The lowest BCUT2D eigenvalue weighted by Crippen LogP contribution is -2.29. The predicted octanol–water partition coefficient (Wildman–Crippen LogP) is 3.16. The average molecular weight is 362 g/mol. The minimum atomic E-state index is 0.204. The lowest BCUT2D eigenvalue weighted by atomic mass is 10.0. The summed E-state index contributed by atoms with van der Waals surface area (Å²) in [6.45, 7) is 1.57. The second-order valence-electron chi connectivity index (χ2n) is 6.44. The minimum Gasteiger partial charge on any atom is -0.497 e. The molecule has 0 fully saturated rings. The van der Waals surface area contributed by atoms with Gasteiger partial charge in [-0.3, -0.25) is 0 Å². The van der Waals surface area contributed by atoms with Crippen LogP contribution in [-0.4, -0.2) is 28.6 Å². The quantitative estimate of drug-likeness (QED) is 0.720. The number of nitrogen functional groups attached to an aromatic ring is 1. The Balaban J connectivity index is 1.56. The zero-order valence-corrected chi connectivity index (χ0v) is 15.2. The van der Waals surface area contributed by atoms with Crippen LogP contribution in [-0.2, 0) is 13.0 Å². The number of nitrogens with two attached hydrogens (primary N) is 1. The zero-order chi connectivity index (χ0) is 18.6. The van der Waals surface area contributed by atoms with Crippen LogP contribution in [0, 0.1) is 0 Å². The van der Waals surface area contributed by atoms with Gasteiger partial charge >= 0.3 is 0 Å². The molecule has 1 aliphatic heterocycles. The molecule has 4 rings (SSSR count). The van der Waals surface area contributed by atoms with Crippen LogP contribution in [0.3, 0.4) is 0 Å². The number of para-hydroxylation sites is 1. The van der Waals surface area contributed by atoms with E-state index in [0.29, 0.717) is 18.3 Å². The second kappa shape index (κ2) is 7.49. The van der Waals surface area contributed by atoms with Crippen molar-refractivity contribution in [1.82, 2.24) is 15.0 Å². The third kappa shape index (κ3) is 3.92. The fourth-order valence-electron chi connectivity index (χ4n) is 3.34. The predicted molar refractivity (Wildman–Crippen MR) is 106 cm³/mol. The maximum Gasteiger partial charge on any atom is 0.232 e. The minimum absolute atomic E-state index is 0.204. The fourth-order valence-corrected chi connectivity index (χ4v) is 3.34. The molecule has 2 heterocycles. The smallest absolute Gasteiger partial charge is 0.232 e. The van der Waals surface area contributed by atoms with Gasteiger partial charge in [-0.2, -0.15) is 15.0 Å². The molecule has 7 heteroatoms. The molecule has 0 saturated heterocycles. The Morgan fingerprint density at radius 2 is 2.00 bits per heavy atom. The van der Waals surface area contributed by atoms with Crippen molar-refractivity contribution in [3.05, 3.63) is 59.9 Å². The molecule has 0 unspecified atom stereocenters. The lowest BCUT2D eigenvalue weighted by Gasteiger charge is -2.30. The van der Waals surface area contributed by atoms with Gasteiger partial charge in [0, 0.05) is 24.0 Å². The Morgan fingerprint density at radius 1 is 1.11 bits per heavy atom. The van der Waals surface area contributed by atoms with E-state index >= 15 is 0 Å². The summed E-state index contributed by atoms with van der Waals surface area (Å²) >= 11 is 0. The standard InChI is InChI=1S/C20H22N6O/c1-27-16-9-4-8-15(12-16)22-20-24-18(23-19(21)25-20)13-26-11-5-7-14-6-2-3-10-17(14)26/h2-4,6,8-10,12H,5,7,11,13H2,1H3,(H3,21,22,23,24,25). The molecule has 0 atom stereocenters. The van der Waals surface area contributed by atoms with Crippen LogP contribution < -0.4 is 20.7 Å². The van der Waals surface area contributed by atoms with Gasteiger partial charge in [-0.25, -0.2) is 0 Å². The van der Waals surface area contributed by atoms with Crippen molar-refractivity contribution in [2.45, 2.75) is 19.4 Å². The van der Waals surface area contributed by atoms with E-state index in [4.69, 9.17) is 10.5 Å². The molecule has 0 amide bonds. The monoisotopic (exact) mass is 362 g/mol. The normalized spacial score (nSPS) is 13.1. The Bertz CT molecular complexity index is 945. The molecule has 1 aromatic heterocycles. The summed E-state index contributed by atoms with van der Waals surface area (Å²) in [5.41, 5.74) is 9.35. The number of hydrogen-bond acceptors (Lipinski definition) is 7. The molecular formula is C20H22N6O. The number of nitrogens with zero attached hydrogens (tertiary/aromatic N) is 4. The van der Waals surface area contributed by atoms with Crippen molar-refractivity contribution < 1.29 is 4.74 Å². The van der Waals surface area contributed by atoms with Crippen LogP contribution in [0.5, 0.6) is 5.75 Å². The van der Waals surface area contributed by atoms with E-state index in [1.54, 1.807) is 7.11 Å². The third-order valence-electron chi connectivity index (χ3n) is 4.56. The van der Waals surface area contributed by atoms with Crippen molar-refractivity contribution in [3.63, 3.8) is 0 Å². The van der Waals surface area contributed by atoms with Gasteiger partial charge in [0.05, 0.1) is 13.7 Å². The molecule has 0 aliphatic carbocycles. The van der Waals surface area contributed by atoms with Crippen molar-refractivity contribution in [1.29, 1.82) is 0 Å². The highest BCUT2D eigenvalue weighted by Crippen LogP contribution is 2.28. The van der Waals surface area contributed by atoms with Crippen molar-refractivity contribution >= 4 is 23.3 Å². The number of rotatable bonds is 5. The highest BCUT2D eigenvalue weighted by atomic mass is 16.5. The van der Waals surface area contributed by atoms with Gasteiger partial charge in [-0.15, -0.1) is 0 Å². The van der Waals surface area contributed by atoms with E-state index in [9.17, 15) is 0 Å². The van der Waals surface area contributed by atoms with Gasteiger partial charge in [-0.1, -0.05) is 24.3 Å². The Labute approximate surface area is 158 Å². The molecule has 0 spiro atoms. The largest absolute Gasteiger partial charge is 0.497 e. The molecule has 3 N–H and O–H groups in total. The summed E-state index contributed by atoms with van der Waals surface area (Å²) in [5, 5.41) is 3.18. The molecule has 1 aliphatic rings. The van der Waals surface area contributed by atoms with E-state index in [1.807, 2.05) is 24.3 Å². The van der Waals surface area contributed by atoms with Crippen molar-refractivity contribution in [3.8, 4) is 5.75 Å². The van der Waals surface area contributed by atoms with Crippen LogP contribution in [0.25, 0.3) is 0 Å². The molecule has 2 aromatic carbocycles. The van der Waals surface area contributed by atoms with Crippen LogP contribution >= 0.6 is 0 Å². The molecule has 27 heavy (non-hydrogen) atoms. The number of ether oxygens (including phenoxy) is 1. The first kappa shape index (κ1) is 17.1. The van der Waals surface area contributed by atoms with E-state index < -0.39 is 0 Å². The summed E-state index contributed by atoms with van der Waals surface area (Å²) in [6.07, 6.45) is 2.22. The average Bonchev–Trinajstić information content (AvgIpc) is 2.68. The van der Waals surface area contributed by atoms with E-state index in [1.165, 1.54) is 11.3 Å². The van der Waals surface area contributed by atoms with Gasteiger partial charge in [-0.05, 0) is 36.6 Å². The van der Waals surface area contributed by atoms with Gasteiger partial charge < -0.3 is 20.7 Å². The highest BCUT2D eigenvalue weighted by Gasteiger charge is 2.18. The number of nitrogens with one attached hydrogen (secondary N) is 1. The molecule has 0 saturated carbocycles. The molecule has 7 nitrogen and oxygen atoms in total. The second-order valence-corrected chi connectivity index (χ2v) is 6.44. The number of anilines is 4. The van der Waals surface area contributed by atoms with Crippen LogP contribution in [0.4, 0.5) is 23.3 Å². The zero-order valence-electron chi connectivity index (χ0n) is 15.2.